The fourth-order valence-electron chi connectivity index (χ4n) is 1.90. The Balaban J connectivity index is 2.27. The molecule has 0 radical (unpaired) electrons. The van der Waals surface area contributed by atoms with Gasteiger partial charge in [-0.3, -0.25) is 4.79 Å². The molecule has 0 saturated carbocycles. The zero-order valence-electron chi connectivity index (χ0n) is 7.12. The smallest absolute Gasteiger partial charge is 0.158 e. The molecule has 1 heterocycles. The van der Waals surface area contributed by atoms with E-state index in [4.69, 9.17) is 4.74 Å². The average molecular weight is 164 g/mol. The molecule has 2 rings (SSSR count). The largest absolute Gasteiger partial charge is 0.491 e. The maximum absolute atomic E-state index is 11.3. The van der Waals surface area contributed by atoms with E-state index in [9.17, 15) is 4.79 Å². The van der Waals surface area contributed by atoms with E-state index in [-0.39, 0.29) is 17.8 Å². The molecule has 2 nitrogen and oxygen atoms in total. The van der Waals surface area contributed by atoms with E-state index < -0.39 is 0 Å². The van der Waals surface area contributed by atoms with Crippen molar-refractivity contribution in [3.05, 3.63) is 24.5 Å². The summed E-state index contributed by atoms with van der Waals surface area (Å²) in [5.41, 5.74) is 0. The standard InChI is InChI=1S/C10H12O2/c1-6-5-8-7(2)9(11)3-4-10(8)12-6/h3-4,7-8,10H,1,5H2,2H3. The summed E-state index contributed by atoms with van der Waals surface area (Å²) in [5.74, 6) is 1.46. The molecule has 1 saturated heterocycles. The number of carbonyl (C=O) groups is 1. The van der Waals surface area contributed by atoms with Crippen LogP contribution in [0.5, 0.6) is 0 Å². The first kappa shape index (κ1) is 7.59. The summed E-state index contributed by atoms with van der Waals surface area (Å²) in [6.07, 6.45) is 4.42. The highest BCUT2D eigenvalue weighted by Crippen LogP contribution is 2.37. The molecule has 64 valence electrons. The molecule has 2 aliphatic rings. The van der Waals surface area contributed by atoms with Crippen molar-refractivity contribution in [1.82, 2.24) is 0 Å². The highest BCUT2D eigenvalue weighted by atomic mass is 16.5. The second-order valence-corrected chi connectivity index (χ2v) is 3.54. The molecule has 0 aromatic rings. The Morgan fingerprint density at radius 3 is 3.17 bits per heavy atom. The number of carbonyl (C=O) groups excluding carboxylic acids is 1. The van der Waals surface area contributed by atoms with Crippen LogP contribution in [0.25, 0.3) is 0 Å². The van der Waals surface area contributed by atoms with Gasteiger partial charge in [-0.25, -0.2) is 0 Å². The molecule has 1 fully saturated rings. The number of allylic oxidation sites excluding steroid dienone is 2. The zero-order valence-corrected chi connectivity index (χ0v) is 7.12. The lowest BCUT2D eigenvalue weighted by atomic mass is 9.81. The van der Waals surface area contributed by atoms with Gasteiger partial charge in [0.15, 0.2) is 5.78 Å². The van der Waals surface area contributed by atoms with Crippen LogP contribution in [0.2, 0.25) is 0 Å². The van der Waals surface area contributed by atoms with Gasteiger partial charge in [-0.1, -0.05) is 13.5 Å². The van der Waals surface area contributed by atoms with E-state index in [1.165, 1.54) is 0 Å². The van der Waals surface area contributed by atoms with Crippen molar-refractivity contribution in [3.63, 3.8) is 0 Å². The van der Waals surface area contributed by atoms with Crippen LogP contribution < -0.4 is 0 Å². The molecule has 3 atom stereocenters. The predicted octanol–water partition coefficient (Wildman–Crippen LogP) is 1.68. The minimum atomic E-state index is 0.0965. The normalized spacial score (nSPS) is 39.6. The van der Waals surface area contributed by atoms with Gasteiger partial charge in [0.25, 0.3) is 0 Å². The van der Waals surface area contributed by atoms with E-state index in [0.29, 0.717) is 5.92 Å². The summed E-state index contributed by atoms with van der Waals surface area (Å²) in [6, 6.07) is 0. The third kappa shape index (κ3) is 0.986. The lowest BCUT2D eigenvalue weighted by Gasteiger charge is -2.23. The van der Waals surface area contributed by atoms with E-state index in [1.54, 1.807) is 6.08 Å². The van der Waals surface area contributed by atoms with Crippen molar-refractivity contribution in [3.8, 4) is 0 Å². The molecule has 3 unspecified atom stereocenters. The molecule has 0 N–H and O–H groups in total. The second-order valence-electron chi connectivity index (χ2n) is 3.54. The van der Waals surface area contributed by atoms with Crippen LogP contribution in [0.15, 0.2) is 24.5 Å². The average Bonchev–Trinajstić information content (AvgIpc) is 2.39. The minimum absolute atomic E-state index is 0.0965. The van der Waals surface area contributed by atoms with Crippen molar-refractivity contribution in [2.24, 2.45) is 11.8 Å². The minimum Gasteiger partial charge on any atom is -0.491 e. The van der Waals surface area contributed by atoms with Gasteiger partial charge < -0.3 is 4.74 Å². The lowest BCUT2D eigenvalue weighted by Crippen LogP contribution is -2.29. The molecule has 2 heteroatoms. The number of hydrogen-bond acceptors (Lipinski definition) is 2. The quantitative estimate of drug-likeness (QED) is 0.544. The Labute approximate surface area is 71.9 Å². The summed E-state index contributed by atoms with van der Waals surface area (Å²) in [4.78, 5) is 11.3. The van der Waals surface area contributed by atoms with E-state index in [0.717, 1.165) is 12.2 Å². The molecule has 1 aliphatic heterocycles. The Hall–Kier alpha value is -1.05. The van der Waals surface area contributed by atoms with Crippen molar-refractivity contribution < 1.29 is 9.53 Å². The number of hydrogen-bond donors (Lipinski definition) is 0. The van der Waals surface area contributed by atoms with Crippen LogP contribution in [-0.2, 0) is 9.53 Å². The third-order valence-corrected chi connectivity index (χ3v) is 2.73. The summed E-state index contributed by atoms with van der Waals surface area (Å²) in [5, 5.41) is 0. The first-order valence-electron chi connectivity index (χ1n) is 4.25. The van der Waals surface area contributed by atoms with Crippen molar-refractivity contribution in [2.75, 3.05) is 0 Å². The molecule has 0 spiro atoms. The fraction of sp³-hybridized carbons (Fsp3) is 0.500. The second kappa shape index (κ2) is 2.47. The van der Waals surface area contributed by atoms with Gasteiger partial charge in [-0.2, -0.15) is 0 Å². The van der Waals surface area contributed by atoms with E-state index in [1.807, 2.05) is 13.0 Å². The molecule has 12 heavy (non-hydrogen) atoms. The molecular formula is C10H12O2. The SMILES string of the molecule is C=C1CC2C(C=CC(=O)C2C)O1. The fourth-order valence-corrected chi connectivity index (χ4v) is 1.90. The lowest BCUT2D eigenvalue weighted by molar-refractivity contribution is -0.120. The Kier molecular flexibility index (Phi) is 1.56. The summed E-state index contributed by atoms with van der Waals surface area (Å²) in [7, 11) is 0. The summed E-state index contributed by atoms with van der Waals surface area (Å²) < 4.78 is 5.45. The van der Waals surface area contributed by atoms with Gasteiger partial charge in [-0.15, -0.1) is 0 Å². The Morgan fingerprint density at radius 1 is 1.67 bits per heavy atom. The van der Waals surface area contributed by atoms with Gasteiger partial charge >= 0.3 is 0 Å². The van der Waals surface area contributed by atoms with Crippen LogP contribution in [0, 0.1) is 11.8 Å². The van der Waals surface area contributed by atoms with Crippen molar-refractivity contribution in [2.45, 2.75) is 19.4 Å². The highest BCUT2D eigenvalue weighted by molar-refractivity contribution is 5.92. The maximum atomic E-state index is 11.3. The van der Waals surface area contributed by atoms with Crippen molar-refractivity contribution in [1.29, 1.82) is 0 Å². The molecular weight excluding hydrogens is 152 g/mol. The van der Waals surface area contributed by atoms with Gasteiger partial charge in [0.05, 0.1) is 5.76 Å². The van der Waals surface area contributed by atoms with Crippen LogP contribution in [0.1, 0.15) is 13.3 Å². The maximum Gasteiger partial charge on any atom is 0.158 e. The predicted molar refractivity (Wildman–Crippen MR) is 45.4 cm³/mol. The zero-order chi connectivity index (χ0) is 8.72. The number of ether oxygens (including phenoxy) is 1. The number of rotatable bonds is 0. The van der Waals surface area contributed by atoms with E-state index in [2.05, 4.69) is 6.58 Å². The number of ketones is 1. The van der Waals surface area contributed by atoms with E-state index >= 15 is 0 Å². The van der Waals surface area contributed by atoms with Gasteiger partial charge in [-0.05, 0) is 12.2 Å². The molecule has 0 amide bonds. The highest BCUT2D eigenvalue weighted by Gasteiger charge is 2.38. The first-order chi connectivity index (χ1) is 5.68. The Bertz CT molecular complexity index is 265. The van der Waals surface area contributed by atoms with Gasteiger partial charge in [0, 0.05) is 18.3 Å². The van der Waals surface area contributed by atoms with Crippen LogP contribution in [-0.4, -0.2) is 11.9 Å². The van der Waals surface area contributed by atoms with Crippen molar-refractivity contribution >= 4 is 5.78 Å². The molecule has 0 aromatic heterocycles. The van der Waals surface area contributed by atoms with Crippen LogP contribution >= 0.6 is 0 Å². The Morgan fingerprint density at radius 2 is 2.42 bits per heavy atom. The first-order valence-corrected chi connectivity index (χ1v) is 4.25. The molecule has 0 aromatic carbocycles. The molecule has 0 bridgehead atoms. The van der Waals surface area contributed by atoms with Crippen LogP contribution in [0.4, 0.5) is 0 Å². The molecule has 1 aliphatic carbocycles. The third-order valence-electron chi connectivity index (χ3n) is 2.73. The van der Waals surface area contributed by atoms with Gasteiger partial charge in [0.2, 0.25) is 0 Å². The van der Waals surface area contributed by atoms with Gasteiger partial charge in [0.1, 0.15) is 6.10 Å². The number of fused-ring (bicyclic) bond motifs is 1. The van der Waals surface area contributed by atoms with Crippen LogP contribution in [0.3, 0.4) is 0 Å². The summed E-state index contributed by atoms with van der Waals surface area (Å²) >= 11 is 0. The monoisotopic (exact) mass is 164 g/mol. The topological polar surface area (TPSA) is 26.3 Å². The summed E-state index contributed by atoms with van der Waals surface area (Å²) in [6.45, 7) is 5.73.